The first-order chi connectivity index (χ1) is 13.2. The lowest BCUT2D eigenvalue weighted by Gasteiger charge is -2.40. The predicted octanol–water partition coefficient (Wildman–Crippen LogP) is 5.59. The molecule has 1 fully saturated rings. The van der Waals surface area contributed by atoms with Crippen LogP contribution in [-0.4, -0.2) is 33.4 Å². The van der Waals surface area contributed by atoms with Crippen molar-refractivity contribution >= 4 is 18.1 Å². The maximum Gasteiger partial charge on any atom is 0.243 e. The standard InChI is InChI=1S/C23H33NO2SSi/c1-19-13-15-23(16-14-19)27(25,26)24-17-9-8-12-22(24)18-28(3,4)20(2)21-10-6-5-7-11-21/h5-7,10-11,13-16,20,22H,8-9,12,17-18H2,1-4H3. The summed E-state index contributed by atoms with van der Waals surface area (Å²) in [6.45, 7) is 9.78. The van der Waals surface area contributed by atoms with Gasteiger partial charge in [0.1, 0.15) is 0 Å². The first-order valence-electron chi connectivity index (χ1n) is 10.4. The summed E-state index contributed by atoms with van der Waals surface area (Å²) in [7, 11) is -5.11. The number of hydrogen-bond donors (Lipinski definition) is 0. The molecule has 5 heteroatoms. The first kappa shape index (κ1) is 21.3. The molecular formula is C23H33NO2SSi. The second-order valence-corrected chi connectivity index (χ2v) is 16.0. The van der Waals surface area contributed by atoms with Crippen LogP contribution in [0.5, 0.6) is 0 Å². The van der Waals surface area contributed by atoms with Crippen LogP contribution < -0.4 is 0 Å². The zero-order chi connectivity index (χ0) is 20.4. The number of hydrogen-bond acceptors (Lipinski definition) is 2. The van der Waals surface area contributed by atoms with Crippen LogP contribution in [0.3, 0.4) is 0 Å². The lowest BCUT2D eigenvalue weighted by Crippen LogP contribution is -2.48. The quantitative estimate of drug-likeness (QED) is 0.577. The highest BCUT2D eigenvalue weighted by molar-refractivity contribution is 7.89. The van der Waals surface area contributed by atoms with Gasteiger partial charge in [0.05, 0.1) is 13.0 Å². The molecular weight excluding hydrogens is 382 g/mol. The molecule has 2 aromatic carbocycles. The predicted molar refractivity (Wildman–Crippen MR) is 120 cm³/mol. The minimum atomic E-state index is -3.44. The van der Waals surface area contributed by atoms with Gasteiger partial charge in [0.15, 0.2) is 0 Å². The van der Waals surface area contributed by atoms with E-state index in [2.05, 4.69) is 50.3 Å². The zero-order valence-electron chi connectivity index (χ0n) is 17.6. The molecule has 0 spiro atoms. The molecule has 0 amide bonds. The molecule has 1 aliphatic heterocycles. The highest BCUT2D eigenvalue weighted by Gasteiger charge is 2.39. The van der Waals surface area contributed by atoms with Crippen LogP contribution in [0.15, 0.2) is 59.5 Å². The maximum atomic E-state index is 13.4. The van der Waals surface area contributed by atoms with Gasteiger partial charge in [-0.2, -0.15) is 4.31 Å². The molecule has 0 N–H and O–H groups in total. The highest BCUT2D eigenvalue weighted by Crippen LogP contribution is 2.36. The van der Waals surface area contributed by atoms with Crippen LogP contribution in [0, 0.1) is 6.92 Å². The summed E-state index contributed by atoms with van der Waals surface area (Å²) in [6, 6.07) is 19.1. The lowest BCUT2D eigenvalue weighted by atomic mass is 10.1. The van der Waals surface area contributed by atoms with Crippen molar-refractivity contribution in [2.75, 3.05) is 6.54 Å². The molecule has 0 aliphatic carbocycles. The number of benzene rings is 2. The normalized spacial score (nSPS) is 20.1. The fourth-order valence-corrected chi connectivity index (χ4v) is 9.23. The van der Waals surface area contributed by atoms with Gasteiger partial charge < -0.3 is 0 Å². The Hall–Kier alpha value is -1.43. The summed E-state index contributed by atoms with van der Waals surface area (Å²) >= 11 is 0. The molecule has 3 nitrogen and oxygen atoms in total. The highest BCUT2D eigenvalue weighted by atomic mass is 32.2. The first-order valence-corrected chi connectivity index (χ1v) is 15.1. The van der Waals surface area contributed by atoms with Gasteiger partial charge in [-0.1, -0.05) is 74.5 Å². The third-order valence-electron chi connectivity index (χ3n) is 6.43. The molecule has 3 rings (SSSR count). The minimum Gasteiger partial charge on any atom is -0.207 e. The molecule has 28 heavy (non-hydrogen) atoms. The number of piperidine rings is 1. The third-order valence-corrected chi connectivity index (χ3v) is 12.6. The van der Waals surface area contributed by atoms with Gasteiger partial charge in [-0.25, -0.2) is 8.42 Å². The van der Waals surface area contributed by atoms with Crippen LogP contribution in [0.4, 0.5) is 0 Å². The summed E-state index contributed by atoms with van der Waals surface area (Å²) in [4.78, 5) is 0.431. The number of rotatable bonds is 6. The molecule has 0 radical (unpaired) electrons. The van der Waals surface area contributed by atoms with Crippen molar-refractivity contribution in [2.45, 2.75) is 68.7 Å². The maximum absolute atomic E-state index is 13.4. The van der Waals surface area contributed by atoms with Crippen molar-refractivity contribution in [1.82, 2.24) is 4.31 Å². The Morgan fingerprint density at radius 3 is 2.32 bits per heavy atom. The Bertz CT molecular complexity index is 879. The van der Waals surface area contributed by atoms with E-state index >= 15 is 0 Å². The van der Waals surface area contributed by atoms with Gasteiger partial charge in [-0.15, -0.1) is 0 Å². The molecule has 1 saturated heterocycles. The van der Waals surface area contributed by atoms with Gasteiger partial charge in [0.25, 0.3) is 0 Å². The fraction of sp³-hybridized carbons (Fsp3) is 0.478. The Kier molecular flexibility index (Phi) is 6.47. The van der Waals surface area contributed by atoms with Gasteiger partial charge in [-0.3, -0.25) is 0 Å². The number of sulfonamides is 1. The summed E-state index contributed by atoms with van der Waals surface area (Å²) in [5.74, 6) is 0. The average molecular weight is 416 g/mol. The van der Waals surface area contributed by atoms with E-state index in [0.717, 1.165) is 30.9 Å². The molecule has 2 unspecified atom stereocenters. The number of aryl methyl sites for hydroxylation is 1. The van der Waals surface area contributed by atoms with Crippen molar-refractivity contribution in [3.05, 3.63) is 65.7 Å². The Balaban J connectivity index is 1.84. The van der Waals surface area contributed by atoms with E-state index in [4.69, 9.17) is 0 Å². The molecule has 0 saturated carbocycles. The van der Waals surface area contributed by atoms with Crippen molar-refractivity contribution in [1.29, 1.82) is 0 Å². The Labute approximate surface area is 171 Å². The van der Waals surface area contributed by atoms with Crippen LogP contribution in [0.2, 0.25) is 19.1 Å². The van der Waals surface area contributed by atoms with Crippen molar-refractivity contribution in [3.8, 4) is 0 Å². The van der Waals surface area contributed by atoms with E-state index in [1.165, 1.54) is 5.56 Å². The summed E-state index contributed by atoms with van der Waals surface area (Å²) in [6.07, 6.45) is 3.05. The van der Waals surface area contributed by atoms with Crippen molar-refractivity contribution in [2.24, 2.45) is 0 Å². The third kappa shape index (κ3) is 4.58. The summed E-state index contributed by atoms with van der Waals surface area (Å²) in [5.41, 5.74) is 2.96. The van der Waals surface area contributed by atoms with Crippen LogP contribution >= 0.6 is 0 Å². The molecule has 2 aromatic rings. The molecule has 1 heterocycles. The molecule has 2 atom stereocenters. The SMILES string of the molecule is Cc1ccc(S(=O)(=O)N2CCCCC2C[Si](C)(C)C(C)c2ccccc2)cc1. The van der Waals surface area contributed by atoms with E-state index in [1.807, 2.05) is 23.4 Å². The second-order valence-electron chi connectivity index (χ2n) is 8.90. The Morgan fingerprint density at radius 2 is 1.68 bits per heavy atom. The summed E-state index contributed by atoms with van der Waals surface area (Å²) < 4.78 is 28.6. The lowest BCUT2D eigenvalue weighted by molar-refractivity contribution is 0.266. The largest absolute Gasteiger partial charge is 0.243 e. The molecule has 152 valence electrons. The smallest absolute Gasteiger partial charge is 0.207 e. The van der Waals surface area contributed by atoms with E-state index in [9.17, 15) is 8.42 Å². The van der Waals surface area contributed by atoms with E-state index in [-0.39, 0.29) is 6.04 Å². The van der Waals surface area contributed by atoms with Gasteiger partial charge in [0.2, 0.25) is 10.0 Å². The van der Waals surface area contributed by atoms with Gasteiger partial charge in [-0.05, 0) is 49.0 Å². The van der Waals surface area contributed by atoms with E-state index < -0.39 is 18.1 Å². The zero-order valence-corrected chi connectivity index (χ0v) is 19.4. The van der Waals surface area contributed by atoms with Crippen molar-refractivity contribution in [3.63, 3.8) is 0 Å². The van der Waals surface area contributed by atoms with E-state index in [0.29, 0.717) is 17.0 Å². The summed E-state index contributed by atoms with van der Waals surface area (Å²) in [5, 5.41) is 0. The monoisotopic (exact) mass is 415 g/mol. The fourth-order valence-electron chi connectivity index (χ4n) is 4.32. The van der Waals surface area contributed by atoms with Crippen LogP contribution in [-0.2, 0) is 10.0 Å². The molecule has 0 aromatic heterocycles. The average Bonchev–Trinajstić information content (AvgIpc) is 2.68. The Morgan fingerprint density at radius 1 is 1.04 bits per heavy atom. The van der Waals surface area contributed by atoms with Crippen LogP contribution in [0.1, 0.15) is 42.9 Å². The van der Waals surface area contributed by atoms with E-state index in [1.54, 1.807) is 12.1 Å². The molecule has 0 bridgehead atoms. The van der Waals surface area contributed by atoms with Crippen molar-refractivity contribution < 1.29 is 8.42 Å². The minimum absolute atomic E-state index is 0.118. The van der Waals surface area contributed by atoms with Gasteiger partial charge in [0, 0.05) is 12.6 Å². The van der Waals surface area contributed by atoms with Crippen LogP contribution in [0.25, 0.3) is 0 Å². The molecule has 1 aliphatic rings. The van der Waals surface area contributed by atoms with Gasteiger partial charge >= 0.3 is 0 Å². The topological polar surface area (TPSA) is 37.4 Å². The number of nitrogens with zero attached hydrogens (tertiary/aromatic N) is 1. The second kappa shape index (κ2) is 8.52.